The minimum Gasteiger partial charge on any atom is -0.375 e. The summed E-state index contributed by atoms with van der Waals surface area (Å²) in [5.74, 6) is 0.648. The van der Waals surface area contributed by atoms with Gasteiger partial charge in [0.1, 0.15) is 5.54 Å². The molecule has 6 nitrogen and oxygen atoms in total. The number of fused-ring (bicyclic) bond motifs is 1. The second-order valence-corrected chi connectivity index (χ2v) is 8.14. The topological polar surface area (TPSA) is 61.9 Å². The van der Waals surface area contributed by atoms with Crippen LogP contribution in [0.25, 0.3) is 0 Å². The first-order chi connectivity index (χ1) is 11.6. The molecule has 2 saturated heterocycles. The van der Waals surface area contributed by atoms with Gasteiger partial charge in [-0.1, -0.05) is 19.8 Å². The van der Waals surface area contributed by atoms with E-state index in [9.17, 15) is 9.59 Å². The molecule has 0 bridgehead atoms. The summed E-state index contributed by atoms with van der Waals surface area (Å²) in [6.45, 7) is 4.16. The molecule has 24 heavy (non-hydrogen) atoms. The third-order valence-electron chi connectivity index (χ3n) is 6.54. The van der Waals surface area contributed by atoms with Crippen LogP contribution in [0.15, 0.2) is 0 Å². The smallest absolute Gasteiger partial charge is 0.326 e. The highest BCUT2D eigenvalue weighted by Crippen LogP contribution is 2.37. The fourth-order valence-electron chi connectivity index (χ4n) is 4.93. The van der Waals surface area contributed by atoms with Crippen molar-refractivity contribution in [3.05, 3.63) is 0 Å². The molecule has 3 amide bonds. The number of morpholine rings is 1. The van der Waals surface area contributed by atoms with E-state index in [1.165, 1.54) is 17.7 Å². The number of hydrogen-bond acceptors (Lipinski definition) is 4. The molecule has 2 heterocycles. The summed E-state index contributed by atoms with van der Waals surface area (Å²) < 4.78 is 5.91. The largest absolute Gasteiger partial charge is 0.375 e. The SMILES string of the molecule is CC1CCC2(CC1)NC(=O)N(CN1CCOC3CCCCC31)C2=O. The van der Waals surface area contributed by atoms with E-state index >= 15 is 0 Å². The molecule has 4 rings (SSSR count). The highest BCUT2D eigenvalue weighted by atomic mass is 16.5. The van der Waals surface area contributed by atoms with Crippen LogP contribution in [0.1, 0.15) is 58.3 Å². The van der Waals surface area contributed by atoms with E-state index in [1.54, 1.807) is 0 Å². The Kier molecular flexibility index (Phi) is 4.29. The van der Waals surface area contributed by atoms with E-state index in [2.05, 4.69) is 17.1 Å². The van der Waals surface area contributed by atoms with E-state index < -0.39 is 5.54 Å². The zero-order valence-corrected chi connectivity index (χ0v) is 14.6. The Hall–Kier alpha value is -1.14. The van der Waals surface area contributed by atoms with Gasteiger partial charge in [-0.3, -0.25) is 9.69 Å². The summed E-state index contributed by atoms with van der Waals surface area (Å²) >= 11 is 0. The zero-order valence-electron chi connectivity index (χ0n) is 14.6. The molecular formula is C18H29N3O3. The molecule has 1 spiro atoms. The van der Waals surface area contributed by atoms with E-state index in [0.717, 1.165) is 45.1 Å². The number of imide groups is 1. The van der Waals surface area contributed by atoms with E-state index in [0.29, 0.717) is 25.2 Å². The second kappa shape index (κ2) is 6.30. The van der Waals surface area contributed by atoms with Crippen molar-refractivity contribution >= 4 is 11.9 Å². The van der Waals surface area contributed by atoms with Gasteiger partial charge in [0.25, 0.3) is 5.91 Å². The molecule has 2 saturated carbocycles. The van der Waals surface area contributed by atoms with Crippen LogP contribution in [0, 0.1) is 5.92 Å². The van der Waals surface area contributed by atoms with E-state index in [-0.39, 0.29) is 18.0 Å². The average Bonchev–Trinajstić information content (AvgIpc) is 2.82. The molecule has 2 unspecified atom stereocenters. The molecule has 0 radical (unpaired) electrons. The normalized spacial score (nSPS) is 40.7. The molecule has 1 N–H and O–H groups in total. The maximum atomic E-state index is 13.0. The Morgan fingerprint density at radius 3 is 2.71 bits per heavy atom. The minimum atomic E-state index is -0.623. The monoisotopic (exact) mass is 335 g/mol. The minimum absolute atomic E-state index is 0.00162. The Balaban J connectivity index is 1.46. The van der Waals surface area contributed by atoms with E-state index in [1.807, 2.05) is 0 Å². The Labute approximate surface area is 143 Å². The van der Waals surface area contributed by atoms with Gasteiger partial charge in [-0.05, 0) is 44.4 Å². The fraction of sp³-hybridized carbons (Fsp3) is 0.889. The number of carbonyl (C=O) groups excluding carboxylic acids is 2. The Morgan fingerprint density at radius 2 is 1.92 bits per heavy atom. The molecule has 134 valence electrons. The van der Waals surface area contributed by atoms with Gasteiger partial charge in [-0.15, -0.1) is 0 Å². The van der Waals surface area contributed by atoms with Gasteiger partial charge in [0, 0.05) is 12.6 Å². The summed E-state index contributed by atoms with van der Waals surface area (Å²) in [6.07, 6.45) is 8.51. The second-order valence-electron chi connectivity index (χ2n) is 8.14. The molecule has 4 aliphatic rings. The first kappa shape index (κ1) is 16.3. The first-order valence-electron chi connectivity index (χ1n) is 9.59. The summed E-state index contributed by atoms with van der Waals surface area (Å²) in [4.78, 5) is 29.3. The van der Waals surface area contributed by atoms with Gasteiger partial charge in [0.05, 0.1) is 19.4 Å². The number of nitrogens with one attached hydrogen (secondary N) is 1. The molecule has 4 fully saturated rings. The van der Waals surface area contributed by atoms with Gasteiger partial charge in [-0.25, -0.2) is 9.69 Å². The maximum absolute atomic E-state index is 13.0. The molecule has 0 aromatic rings. The van der Waals surface area contributed by atoms with Crippen LogP contribution in [-0.4, -0.2) is 59.2 Å². The van der Waals surface area contributed by atoms with Crippen molar-refractivity contribution in [3.8, 4) is 0 Å². The highest BCUT2D eigenvalue weighted by Gasteiger charge is 2.52. The van der Waals surface area contributed by atoms with Crippen LogP contribution in [0.4, 0.5) is 4.79 Å². The third-order valence-corrected chi connectivity index (χ3v) is 6.54. The van der Waals surface area contributed by atoms with Crippen molar-refractivity contribution in [1.82, 2.24) is 15.1 Å². The van der Waals surface area contributed by atoms with Crippen LogP contribution >= 0.6 is 0 Å². The molecule has 0 aromatic carbocycles. The molecule has 2 aliphatic heterocycles. The van der Waals surface area contributed by atoms with Gasteiger partial charge in [-0.2, -0.15) is 0 Å². The molecule has 2 aliphatic carbocycles. The van der Waals surface area contributed by atoms with Gasteiger partial charge >= 0.3 is 6.03 Å². The number of rotatable bonds is 2. The van der Waals surface area contributed by atoms with Crippen molar-refractivity contribution < 1.29 is 14.3 Å². The number of amides is 3. The molecule has 6 heteroatoms. The van der Waals surface area contributed by atoms with Crippen LogP contribution in [0.5, 0.6) is 0 Å². The summed E-state index contributed by atoms with van der Waals surface area (Å²) in [7, 11) is 0. The van der Waals surface area contributed by atoms with Crippen molar-refractivity contribution in [2.24, 2.45) is 5.92 Å². The summed E-state index contributed by atoms with van der Waals surface area (Å²) in [5.41, 5.74) is -0.623. The van der Waals surface area contributed by atoms with E-state index in [4.69, 9.17) is 4.74 Å². The van der Waals surface area contributed by atoms with Crippen LogP contribution in [-0.2, 0) is 9.53 Å². The lowest BCUT2D eigenvalue weighted by Crippen LogP contribution is -2.57. The fourth-order valence-corrected chi connectivity index (χ4v) is 4.93. The Morgan fingerprint density at radius 1 is 1.17 bits per heavy atom. The van der Waals surface area contributed by atoms with Crippen molar-refractivity contribution in [3.63, 3.8) is 0 Å². The lowest BCUT2D eigenvalue weighted by molar-refractivity contribution is -0.138. The third kappa shape index (κ3) is 2.73. The van der Waals surface area contributed by atoms with Gasteiger partial charge < -0.3 is 10.1 Å². The average molecular weight is 335 g/mol. The highest BCUT2D eigenvalue weighted by molar-refractivity contribution is 6.07. The summed E-state index contributed by atoms with van der Waals surface area (Å²) in [5, 5.41) is 3.03. The van der Waals surface area contributed by atoms with Gasteiger partial charge in [0.15, 0.2) is 0 Å². The number of carbonyl (C=O) groups is 2. The molecule has 2 atom stereocenters. The predicted octanol–water partition coefficient (Wildman–Crippen LogP) is 2.09. The molecular weight excluding hydrogens is 306 g/mol. The first-order valence-corrected chi connectivity index (χ1v) is 9.59. The number of ether oxygens (including phenoxy) is 1. The quantitative estimate of drug-likeness (QED) is 0.785. The standard InChI is InChI=1S/C18H29N3O3/c1-13-6-8-18(9-7-13)16(22)21(17(23)19-18)12-20-10-11-24-15-5-3-2-4-14(15)20/h13-15H,2-12H2,1H3,(H,19,23). The molecule has 0 aromatic heterocycles. The van der Waals surface area contributed by atoms with Crippen LogP contribution < -0.4 is 5.32 Å². The Bertz CT molecular complexity index is 514. The van der Waals surface area contributed by atoms with Crippen molar-refractivity contribution in [2.75, 3.05) is 19.8 Å². The predicted molar refractivity (Wildman–Crippen MR) is 89.3 cm³/mol. The zero-order chi connectivity index (χ0) is 16.7. The van der Waals surface area contributed by atoms with Gasteiger partial charge in [0.2, 0.25) is 0 Å². The lowest BCUT2D eigenvalue weighted by atomic mass is 9.77. The number of nitrogens with zero attached hydrogens (tertiary/aromatic N) is 2. The number of urea groups is 1. The maximum Gasteiger partial charge on any atom is 0.326 e. The van der Waals surface area contributed by atoms with Crippen LogP contribution in [0.2, 0.25) is 0 Å². The van der Waals surface area contributed by atoms with Crippen molar-refractivity contribution in [1.29, 1.82) is 0 Å². The summed E-state index contributed by atoms with van der Waals surface area (Å²) in [6, 6.07) is 0.157. The van der Waals surface area contributed by atoms with Crippen LogP contribution in [0.3, 0.4) is 0 Å². The van der Waals surface area contributed by atoms with Crippen molar-refractivity contribution in [2.45, 2.75) is 76.0 Å². The number of hydrogen-bond donors (Lipinski definition) is 1. The lowest BCUT2D eigenvalue weighted by Gasteiger charge is -2.44.